The van der Waals surface area contributed by atoms with Crippen LogP contribution in [0.4, 0.5) is 11.4 Å². The van der Waals surface area contributed by atoms with E-state index in [-0.39, 0.29) is 35.8 Å². The lowest BCUT2D eigenvalue weighted by Gasteiger charge is -2.37. The lowest BCUT2D eigenvalue weighted by Crippen LogP contribution is -2.60. The van der Waals surface area contributed by atoms with Crippen LogP contribution in [0.5, 0.6) is 5.75 Å². The average molecular weight is 712 g/mol. The molecule has 15 nitrogen and oxygen atoms in total. The van der Waals surface area contributed by atoms with E-state index in [4.69, 9.17) is 14.2 Å². The molecule has 3 aliphatic rings. The summed E-state index contributed by atoms with van der Waals surface area (Å²) in [6.07, 6.45) is -6.58. The Morgan fingerprint density at radius 3 is 2.48 bits per heavy atom. The van der Waals surface area contributed by atoms with Crippen molar-refractivity contribution in [1.82, 2.24) is 15.0 Å². The lowest BCUT2D eigenvalue weighted by molar-refractivity contribution is -0.274. The van der Waals surface area contributed by atoms with Crippen molar-refractivity contribution in [3.8, 4) is 5.75 Å². The van der Waals surface area contributed by atoms with Gasteiger partial charge in [-0.05, 0) is 42.3 Å². The Kier molecular flexibility index (Phi) is 9.93. The second kappa shape index (κ2) is 13.8. The fourth-order valence-electron chi connectivity index (χ4n) is 7.99. The highest BCUT2D eigenvalue weighted by Gasteiger charge is 2.65. The van der Waals surface area contributed by atoms with Crippen LogP contribution in [0.3, 0.4) is 0 Å². The number of nitrogens with zero attached hydrogens (tertiary/aromatic N) is 4. The van der Waals surface area contributed by atoms with Gasteiger partial charge in [-0.25, -0.2) is 0 Å². The Morgan fingerprint density at radius 2 is 1.80 bits per heavy atom. The van der Waals surface area contributed by atoms with Gasteiger partial charge < -0.3 is 50.0 Å². The number of nitrogens with one attached hydrogen (secondary N) is 1. The van der Waals surface area contributed by atoms with Crippen LogP contribution in [0, 0.1) is 5.92 Å². The molecule has 6 rings (SSSR count). The third-order valence-electron chi connectivity index (χ3n) is 10.7. The van der Waals surface area contributed by atoms with Crippen molar-refractivity contribution in [1.29, 1.82) is 0 Å². The van der Waals surface area contributed by atoms with Gasteiger partial charge in [0.25, 0.3) is 11.8 Å². The van der Waals surface area contributed by atoms with E-state index in [1.54, 1.807) is 48.1 Å². The van der Waals surface area contributed by atoms with E-state index in [0.717, 1.165) is 5.75 Å². The molecular formula is C34H45N5O10Si. The number of rotatable bonds is 10. The molecule has 1 aromatic heterocycles. The number of ether oxygens (including phenoxy) is 3. The molecular weight excluding hydrogens is 666 g/mol. The summed E-state index contributed by atoms with van der Waals surface area (Å²) in [4.78, 5) is 29.3. The first-order valence-corrected chi connectivity index (χ1v) is 19.8. The molecule has 4 heterocycles. The Bertz CT molecular complexity index is 1720. The number of aliphatic hydroxyl groups excluding tert-OH is 5. The summed E-state index contributed by atoms with van der Waals surface area (Å²) in [5.41, 5.74) is 0.710. The molecule has 3 aliphatic heterocycles. The maximum Gasteiger partial charge on any atom is 0.264 e. The van der Waals surface area contributed by atoms with Crippen LogP contribution in [0.25, 0.3) is 0 Å². The highest BCUT2D eigenvalue weighted by molar-refractivity contribution is 6.91. The number of carbonyl (C=O) groups is 2. The number of aliphatic hydroxyl groups is 5. The molecule has 50 heavy (non-hydrogen) atoms. The molecule has 0 radical (unpaired) electrons. The van der Waals surface area contributed by atoms with Gasteiger partial charge in [-0.2, -0.15) is 0 Å². The van der Waals surface area contributed by atoms with Crippen LogP contribution in [-0.4, -0.2) is 118 Å². The SMILES string of the molecule is COc1ccc([Si](C)(C)[C@H]2[C@H](CCn3cc(CCO)nn3)O[C@@]3(C(=O)N(C)c4ccc(NC(=O)[C@H]5O[C@@H](O)[C@H](O)[C@@H](O)[C@@H]5O)cc43)[C@@H]2C)cc1. The van der Waals surface area contributed by atoms with Crippen molar-refractivity contribution in [2.75, 3.05) is 31.0 Å². The summed E-state index contributed by atoms with van der Waals surface area (Å²) < 4.78 is 19.3. The summed E-state index contributed by atoms with van der Waals surface area (Å²) >= 11 is 0. The summed E-state index contributed by atoms with van der Waals surface area (Å²) in [5, 5.41) is 61.9. The van der Waals surface area contributed by atoms with E-state index >= 15 is 0 Å². The molecule has 3 aromatic rings. The molecule has 0 unspecified atom stereocenters. The van der Waals surface area contributed by atoms with Gasteiger partial charge in [-0.3, -0.25) is 14.3 Å². The first-order valence-electron chi connectivity index (χ1n) is 16.7. The van der Waals surface area contributed by atoms with Gasteiger partial charge in [0.15, 0.2) is 18.0 Å². The minimum atomic E-state index is -2.42. The molecule has 2 aromatic carbocycles. The number of hydrogen-bond acceptors (Lipinski definition) is 12. The van der Waals surface area contributed by atoms with E-state index in [1.165, 1.54) is 5.19 Å². The Hall–Kier alpha value is -3.74. The van der Waals surface area contributed by atoms with Crippen LogP contribution in [0.1, 0.15) is 24.6 Å². The number of carbonyl (C=O) groups excluding carboxylic acids is 2. The van der Waals surface area contributed by atoms with Crippen LogP contribution >= 0.6 is 0 Å². The average Bonchev–Trinajstić information content (AvgIpc) is 3.74. The minimum absolute atomic E-state index is 0.0348. The van der Waals surface area contributed by atoms with Gasteiger partial charge in [0.2, 0.25) is 0 Å². The molecule has 270 valence electrons. The predicted octanol–water partition coefficient (Wildman–Crippen LogP) is -0.157. The van der Waals surface area contributed by atoms with Crippen molar-refractivity contribution >= 4 is 36.4 Å². The summed E-state index contributed by atoms with van der Waals surface area (Å²) in [6.45, 7) is 7.03. The standard InChI is InChI=1S/C34H45N5O10Si/c1-18-30(50(4,5)22-9-7-21(47-3)8-10-22)25(12-14-39-17-20(13-15-40)36-37-39)49-34(18)23-16-19(6-11-24(23)38(2)33(34)46)35-31(44)29-27(42)26(41)28(43)32(45)48-29/h6-11,16-18,25-30,32,40-43,45H,12-15H2,1-5H3,(H,35,44)/t18-,25+,26+,27+,28-,29+,30-,32-,34+/m1/s1. The maximum atomic E-state index is 14.4. The van der Waals surface area contributed by atoms with Crippen molar-refractivity contribution in [3.05, 3.63) is 59.9 Å². The van der Waals surface area contributed by atoms with Gasteiger partial charge >= 0.3 is 0 Å². The summed E-state index contributed by atoms with van der Waals surface area (Å²) in [7, 11) is 0.894. The number of aryl methyl sites for hydroxylation is 1. The van der Waals surface area contributed by atoms with Crippen LogP contribution in [0.15, 0.2) is 48.7 Å². The summed E-state index contributed by atoms with van der Waals surface area (Å²) in [6, 6.07) is 13.0. The molecule has 2 amide bonds. The third kappa shape index (κ3) is 6.02. The Balaban J connectivity index is 1.36. The normalized spacial score (nSPS) is 30.9. The second-order valence-electron chi connectivity index (χ2n) is 13.9. The number of amides is 2. The maximum absolute atomic E-state index is 14.4. The molecule has 2 saturated heterocycles. The molecule has 1 spiro atoms. The zero-order chi connectivity index (χ0) is 36.1. The van der Waals surface area contributed by atoms with Gasteiger partial charge in [0, 0.05) is 50.0 Å². The molecule has 2 fully saturated rings. The van der Waals surface area contributed by atoms with Crippen molar-refractivity contribution in [2.45, 2.75) is 87.4 Å². The highest BCUT2D eigenvalue weighted by Crippen LogP contribution is 2.60. The number of benzene rings is 2. The fraction of sp³-hybridized carbons (Fsp3) is 0.529. The van der Waals surface area contributed by atoms with E-state index in [1.807, 2.05) is 19.1 Å². The highest BCUT2D eigenvalue weighted by atomic mass is 28.3. The molecule has 16 heteroatoms. The van der Waals surface area contributed by atoms with Crippen molar-refractivity contribution in [2.24, 2.45) is 5.92 Å². The number of likely N-dealkylation sites (N-methyl/N-ethyl adjacent to an activating group) is 1. The predicted molar refractivity (Wildman–Crippen MR) is 182 cm³/mol. The van der Waals surface area contributed by atoms with Gasteiger partial charge in [-0.15, -0.1) is 5.10 Å². The van der Waals surface area contributed by atoms with Crippen molar-refractivity contribution < 1.29 is 49.3 Å². The molecule has 9 atom stereocenters. The van der Waals surface area contributed by atoms with Crippen molar-refractivity contribution in [3.63, 3.8) is 0 Å². The quantitative estimate of drug-likeness (QED) is 0.152. The number of methoxy groups -OCH3 is 1. The van der Waals surface area contributed by atoms with E-state index in [9.17, 15) is 35.1 Å². The minimum Gasteiger partial charge on any atom is -0.497 e. The first kappa shape index (κ1) is 36.1. The smallest absolute Gasteiger partial charge is 0.264 e. The molecule has 6 N–H and O–H groups in total. The summed E-state index contributed by atoms with van der Waals surface area (Å²) in [5.74, 6) is -0.650. The van der Waals surface area contributed by atoms with Gasteiger partial charge in [0.05, 0.1) is 32.7 Å². The molecule has 0 saturated carbocycles. The Labute approximate surface area is 290 Å². The molecule has 0 aliphatic carbocycles. The second-order valence-corrected chi connectivity index (χ2v) is 18.6. The van der Waals surface area contributed by atoms with Gasteiger partial charge in [-0.1, -0.05) is 42.6 Å². The Morgan fingerprint density at radius 1 is 1.08 bits per heavy atom. The van der Waals surface area contributed by atoms with E-state index in [0.29, 0.717) is 36.3 Å². The monoisotopic (exact) mass is 711 g/mol. The van der Waals surface area contributed by atoms with E-state index in [2.05, 4.69) is 40.9 Å². The number of aromatic nitrogens is 3. The number of fused-ring (bicyclic) bond motifs is 2. The third-order valence-corrected chi connectivity index (χ3v) is 15.0. The zero-order valence-electron chi connectivity index (χ0n) is 28.6. The van der Waals surface area contributed by atoms with E-state index < -0.39 is 50.3 Å². The van der Waals surface area contributed by atoms with Crippen LogP contribution in [-0.2, 0) is 37.6 Å². The topological polar surface area (TPSA) is 209 Å². The largest absolute Gasteiger partial charge is 0.497 e. The fourth-order valence-corrected chi connectivity index (χ4v) is 12.1. The zero-order valence-corrected chi connectivity index (χ0v) is 29.6. The van der Waals surface area contributed by atoms with Crippen LogP contribution < -0.4 is 20.1 Å². The lowest BCUT2D eigenvalue weighted by atomic mass is 9.82. The van der Waals surface area contributed by atoms with Gasteiger partial charge in [0.1, 0.15) is 24.1 Å². The molecule has 0 bridgehead atoms. The van der Waals surface area contributed by atoms with Crippen LogP contribution in [0.2, 0.25) is 18.6 Å². The number of hydrogen-bond donors (Lipinski definition) is 6. The number of anilines is 2. The first-order chi connectivity index (χ1) is 23.7.